The van der Waals surface area contributed by atoms with Gasteiger partial charge in [0.25, 0.3) is 0 Å². The average Bonchev–Trinajstić information content (AvgIpc) is 3.32. The molecule has 44 heavy (non-hydrogen) atoms. The van der Waals surface area contributed by atoms with Gasteiger partial charge in [0, 0.05) is 17.7 Å². The summed E-state index contributed by atoms with van der Waals surface area (Å²) < 4.78 is 6.47. The van der Waals surface area contributed by atoms with Crippen LogP contribution in [-0.4, -0.2) is 26.2 Å². The molecule has 5 heteroatoms. The van der Waals surface area contributed by atoms with Crippen LogP contribution in [0.15, 0.2) is 69.6 Å². The summed E-state index contributed by atoms with van der Waals surface area (Å²) in [4.78, 5) is 5.08. The number of guanidine groups is 1. The van der Waals surface area contributed by atoms with Gasteiger partial charge in [0.1, 0.15) is 7.59 Å². The smallest absolute Gasteiger partial charge is 0.249 e. The number of rotatable bonds is 6. The summed E-state index contributed by atoms with van der Waals surface area (Å²) in [5, 5.41) is 3.45. The fourth-order valence-electron chi connectivity index (χ4n) is 10.6. The molecule has 1 aromatic carbocycles. The third-order valence-corrected chi connectivity index (χ3v) is 33.7. The number of benzene rings is 1. The molecular weight excluding hydrogens is 567 g/mol. The number of fused-ring (bicyclic) bond motifs is 3. The first-order chi connectivity index (χ1) is 20.1. The van der Waals surface area contributed by atoms with Gasteiger partial charge in [-0.25, -0.2) is 0 Å². The maximum Gasteiger partial charge on any atom is 0.249 e. The summed E-state index contributed by atoms with van der Waals surface area (Å²) in [7, 11) is -5.31. The predicted octanol–water partition coefficient (Wildman–Crippen LogP) is 11.9. The lowest BCUT2D eigenvalue weighted by molar-refractivity contribution is 0.550. The second-order valence-corrected chi connectivity index (χ2v) is 31.0. The topological polar surface area (TPSA) is 18.8 Å². The molecule has 4 rings (SSSR count). The highest BCUT2D eigenvalue weighted by Crippen LogP contribution is 2.70. The number of hydrogen-bond acceptors (Lipinski definition) is 3. The molecule has 0 aliphatic carbocycles. The Bertz CT molecular complexity index is 1370. The summed E-state index contributed by atoms with van der Waals surface area (Å²) in [6.45, 7) is 42.1. The molecule has 0 saturated carbocycles. The monoisotopic (exact) mass is 629 g/mol. The van der Waals surface area contributed by atoms with Gasteiger partial charge in [-0.3, -0.25) is 14.5 Å². The van der Waals surface area contributed by atoms with Crippen LogP contribution in [0.5, 0.6) is 0 Å². The molecule has 0 fully saturated rings. The summed E-state index contributed by atoms with van der Waals surface area (Å²) in [6, 6.07) is 6.92. The molecule has 3 nitrogen and oxygen atoms in total. The average molecular weight is 630 g/mol. The van der Waals surface area contributed by atoms with E-state index in [1.165, 1.54) is 22.4 Å². The highest BCUT2D eigenvalue weighted by molar-refractivity contribution is 7.50. The fraction of sp³-hybridized carbons (Fsp3) is 0.615. The second kappa shape index (κ2) is 11.3. The van der Waals surface area contributed by atoms with E-state index in [0.29, 0.717) is 23.7 Å². The Morgan fingerprint density at radius 3 is 1.55 bits per heavy atom. The van der Waals surface area contributed by atoms with Crippen LogP contribution in [0.1, 0.15) is 141 Å². The van der Waals surface area contributed by atoms with Crippen LogP contribution < -0.4 is 4.90 Å². The van der Waals surface area contributed by atoms with E-state index < -0.39 is 15.3 Å². The molecule has 1 aromatic rings. The molecule has 242 valence electrons. The lowest BCUT2D eigenvalue weighted by Crippen LogP contribution is -2.77. The van der Waals surface area contributed by atoms with Gasteiger partial charge in [-0.15, -0.1) is 0 Å². The minimum atomic E-state index is -2.83. The molecule has 0 aromatic heterocycles. The molecule has 3 aliphatic heterocycles. The van der Waals surface area contributed by atoms with Crippen LogP contribution in [0.4, 0.5) is 5.69 Å². The Morgan fingerprint density at radius 2 is 1.14 bits per heavy atom. The zero-order valence-electron chi connectivity index (χ0n) is 31.3. The van der Waals surface area contributed by atoms with E-state index in [4.69, 9.17) is 4.66 Å². The Morgan fingerprint density at radius 1 is 0.659 bits per heavy atom. The number of hydrogen-bond donors (Lipinski definition) is 0. The zero-order valence-corrected chi connectivity index (χ0v) is 33.3. The highest BCUT2D eigenvalue weighted by Gasteiger charge is 2.77. The number of allylic oxidation sites excluding steroid dienone is 5. The van der Waals surface area contributed by atoms with E-state index in [1.807, 2.05) is 0 Å². The van der Waals surface area contributed by atoms with E-state index in [0.717, 1.165) is 5.96 Å². The fourth-order valence-corrected chi connectivity index (χ4v) is 39.9. The van der Waals surface area contributed by atoms with Crippen LogP contribution in [0, 0.1) is 11.8 Å². The highest BCUT2D eigenvalue weighted by atomic mass is 29.3. The summed E-state index contributed by atoms with van der Waals surface area (Å²) in [6.07, 6.45) is 12.0. The molecule has 0 radical (unpaired) electrons. The molecule has 1 unspecified atom stereocenters. The molecule has 0 amide bonds. The first kappa shape index (κ1) is 34.8. The SMILES string of the molecule is CC(C)C1=CC=CC(C(C)C)=C2N3C=CN(c4c(C(C)C)cccc4C(C)C)C3=N[Si]12[Si](C(C)(C)C)(C(C)(C)C)C(C)(C)C. The molecule has 0 N–H and O–H groups in total. The Kier molecular flexibility index (Phi) is 8.92. The molecule has 0 spiro atoms. The largest absolute Gasteiger partial charge is 0.292 e. The third kappa shape index (κ3) is 4.82. The lowest BCUT2D eigenvalue weighted by atomic mass is 9.92. The Hall–Kier alpha value is -2.12. The number of para-hydroxylation sites is 1. The molecule has 3 heterocycles. The first-order valence-corrected chi connectivity index (χ1v) is 22.2. The lowest BCUT2D eigenvalue weighted by Gasteiger charge is -2.66. The van der Waals surface area contributed by atoms with Crippen molar-refractivity contribution in [2.24, 2.45) is 16.5 Å². The van der Waals surface area contributed by atoms with Gasteiger partial charge < -0.3 is 0 Å². The molecular formula is C39H63N3Si2. The van der Waals surface area contributed by atoms with E-state index in [-0.39, 0.29) is 15.1 Å². The van der Waals surface area contributed by atoms with Crippen molar-refractivity contribution in [1.82, 2.24) is 4.90 Å². The zero-order chi connectivity index (χ0) is 33.4. The first-order valence-electron chi connectivity index (χ1n) is 17.2. The summed E-state index contributed by atoms with van der Waals surface area (Å²) in [5.74, 6) is 2.76. The van der Waals surface area contributed by atoms with Crippen LogP contribution in [0.3, 0.4) is 0 Å². The van der Waals surface area contributed by atoms with Gasteiger partial charge in [-0.05, 0) is 55.5 Å². The molecule has 3 aliphatic rings. The maximum atomic E-state index is 6.47. The van der Waals surface area contributed by atoms with Crippen molar-refractivity contribution in [3.63, 3.8) is 0 Å². The Balaban J connectivity index is 2.29. The van der Waals surface area contributed by atoms with Crippen LogP contribution in [0.25, 0.3) is 0 Å². The van der Waals surface area contributed by atoms with Gasteiger partial charge in [0.15, 0.2) is 0 Å². The van der Waals surface area contributed by atoms with Gasteiger partial charge in [-0.1, -0.05) is 159 Å². The standard InChI is InChI=1S/C39H63N3Si2/c1-26(2)30-20-18-21-31(27(3)4)34(30)41-24-25-42-35-32(28(5)6)22-19-23-33(29(7)8)43(35,40-36(41)42)44(37(9,10)11,38(12,13)14)39(15,16)17/h18-29H,1-17H3. The van der Waals surface area contributed by atoms with E-state index in [2.05, 4.69) is 176 Å². The van der Waals surface area contributed by atoms with Crippen molar-refractivity contribution in [2.75, 3.05) is 4.90 Å². The molecule has 1 atom stereocenters. The summed E-state index contributed by atoms with van der Waals surface area (Å²) in [5.41, 5.74) is 5.61. The van der Waals surface area contributed by atoms with Crippen molar-refractivity contribution >= 4 is 27.0 Å². The van der Waals surface area contributed by atoms with Gasteiger partial charge in [-0.2, -0.15) is 0 Å². The van der Waals surface area contributed by atoms with E-state index >= 15 is 0 Å². The van der Waals surface area contributed by atoms with Crippen LogP contribution >= 0.6 is 0 Å². The maximum absolute atomic E-state index is 6.47. The second-order valence-electron chi connectivity index (χ2n) is 17.8. The van der Waals surface area contributed by atoms with Crippen molar-refractivity contribution < 1.29 is 0 Å². The van der Waals surface area contributed by atoms with E-state index in [9.17, 15) is 0 Å². The van der Waals surface area contributed by atoms with Gasteiger partial charge in [0.05, 0.1) is 5.69 Å². The minimum absolute atomic E-state index is 0.0959. The third-order valence-electron chi connectivity index (χ3n) is 10.6. The Labute approximate surface area is 273 Å². The minimum Gasteiger partial charge on any atom is -0.292 e. The van der Waals surface area contributed by atoms with Crippen molar-refractivity contribution in [2.45, 2.75) is 145 Å². The van der Waals surface area contributed by atoms with Crippen LogP contribution in [-0.2, 0) is 0 Å². The van der Waals surface area contributed by atoms with E-state index in [1.54, 1.807) is 10.5 Å². The van der Waals surface area contributed by atoms with Crippen molar-refractivity contribution in [1.29, 1.82) is 0 Å². The van der Waals surface area contributed by atoms with Gasteiger partial charge in [0.2, 0.25) is 13.7 Å². The quantitative estimate of drug-likeness (QED) is 0.292. The molecule has 0 bridgehead atoms. The number of anilines is 1. The van der Waals surface area contributed by atoms with Gasteiger partial charge >= 0.3 is 0 Å². The summed E-state index contributed by atoms with van der Waals surface area (Å²) >= 11 is 0. The van der Waals surface area contributed by atoms with Crippen LogP contribution in [0.2, 0.25) is 15.1 Å². The van der Waals surface area contributed by atoms with Crippen molar-refractivity contribution in [3.8, 4) is 0 Å². The number of nitrogens with zero attached hydrogens (tertiary/aromatic N) is 3. The molecule has 0 saturated heterocycles. The normalized spacial score (nSPS) is 21.2. The van der Waals surface area contributed by atoms with Crippen molar-refractivity contribution in [3.05, 3.63) is 76.0 Å². The predicted molar refractivity (Wildman–Crippen MR) is 200 cm³/mol.